The van der Waals surface area contributed by atoms with Crippen LogP contribution in [0.5, 0.6) is 5.75 Å². The average Bonchev–Trinajstić information content (AvgIpc) is 3.51. The van der Waals surface area contributed by atoms with E-state index in [9.17, 15) is 13.6 Å². The molecule has 0 saturated heterocycles. The quantitative estimate of drug-likeness (QED) is 0.475. The molecule has 0 radical (unpaired) electrons. The molecule has 0 saturated carbocycles. The lowest BCUT2D eigenvalue weighted by atomic mass is 9.97. The minimum atomic E-state index is -2.99. The maximum absolute atomic E-state index is 13.2. The number of amides is 1. The predicted molar refractivity (Wildman–Crippen MR) is 115 cm³/mol. The van der Waals surface area contributed by atoms with Gasteiger partial charge in [0, 0.05) is 36.4 Å². The molecule has 0 fully saturated rings. The topological polar surface area (TPSA) is 76.0 Å². The fraction of sp³-hybridized carbons (Fsp3) is 0.208. The van der Waals surface area contributed by atoms with Gasteiger partial charge in [0.05, 0.1) is 23.1 Å². The van der Waals surface area contributed by atoms with Crippen molar-refractivity contribution in [3.05, 3.63) is 76.9 Å². The molecule has 0 aliphatic carbocycles. The first-order valence-electron chi connectivity index (χ1n) is 10.4. The second-order valence-electron chi connectivity index (χ2n) is 8.03. The van der Waals surface area contributed by atoms with Crippen LogP contribution in [0.3, 0.4) is 0 Å². The van der Waals surface area contributed by atoms with Gasteiger partial charge in [0.2, 0.25) is 0 Å². The second-order valence-corrected chi connectivity index (χ2v) is 8.03. The molecular weight excluding hydrogens is 428 g/mol. The number of nitrogens with one attached hydrogen (secondary N) is 1. The number of fused-ring (bicyclic) bond motifs is 9. The largest absolute Gasteiger partial charge is 0.434 e. The van der Waals surface area contributed by atoms with Crippen LogP contribution in [-0.4, -0.2) is 44.2 Å². The van der Waals surface area contributed by atoms with Crippen molar-refractivity contribution in [3.8, 4) is 17.6 Å². The zero-order valence-electron chi connectivity index (χ0n) is 17.4. The molecule has 2 bridgehead atoms. The van der Waals surface area contributed by atoms with Crippen molar-refractivity contribution < 1.29 is 18.3 Å². The highest BCUT2D eigenvalue weighted by Crippen LogP contribution is 2.49. The average molecular weight is 445 g/mol. The van der Waals surface area contributed by atoms with Crippen molar-refractivity contribution in [1.29, 1.82) is 0 Å². The first-order chi connectivity index (χ1) is 16.0. The molecule has 0 spiro atoms. The van der Waals surface area contributed by atoms with Gasteiger partial charge in [0.15, 0.2) is 0 Å². The number of nitrogens with zero attached hydrogens (tertiary/aromatic N) is 4. The van der Waals surface area contributed by atoms with Crippen molar-refractivity contribution in [2.24, 2.45) is 0 Å². The van der Waals surface area contributed by atoms with E-state index >= 15 is 0 Å². The van der Waals surface area contributed by atoms with Crippen LogP contribution >= 0.6 is 0 Å². The summed E-state index contributed by atoms with van der Waals surface area (Å²) >= 11 is 0. The Balaban J connectivity index is 1.55. The van der Waals surface area contributed by atoms with Gasteiger partial charge in [-0.05, 0) is 42.3 Å². The van der Waals surface area contributed by atoms with Gasteiger partial charge >= 0.3 is 6.61 Å². The van der Waals surface area contributed by atoms with Gasteiger partial charge in [-0.2, -0.15) is 13.9 Å². The van der Waals surface area contributed by atoms with Crippen molar-refractivity contribution in [2.75, 3.05) is 7.05 Å². The van der Waals surface area contributed by atoms with Crippen molar-refractivity contribution in [3.63, 3.8) is 0 Å². The molecule has 6 rings (SSSR count). The molecular formula is C24H17F2N5O2. The molecule has 4 heterocycles. The highest BCUT2D eigenvalue weighted by Gasteiger charge is 2.44. The molecule has 2 aliphatic rings. The second kappa shape index (κ2) is 7.17. The molecule has 2 aromatic heterocycles. The van der Waals surface area contributed by atoms with Crippen molar-refractivity contribution in [1.82, 2.24) is 24.6 Å². The summed E-state index contributed by atoms with van der Waals surface area (Å²) in [5.41, 5.74) is 3.81. The minimum Gasteiger partial charge on any atom is -0.434 e. The molecule has 164 valence electrons. The molecule has 1 amide bonds. The van der Waals surface area contributed by atoms with Crippen LogP contribution in [0.15, 0.2) is 48.7 Å². The number of alkyl halides is 2. The molecule has 9 heteroatoms. The first kappa shape index (κ1) is 19.5. The number of aromatic amines is 1. The third kappa shape index (κ3) is 2.98. The number of halogens is 2. The SMILES string of the molecule is CN1C(=O)c2cccc(OC(F)F)c2[C@H]2C[C@@H]1c1nc3ccc(C#Cc4cc[nH]n4)cc3n12. The van der Waals surface area contributed by atoms with E-state index in [1.807, 2.05) is 22.8 Å². The van der Waals surface area contributed by atoms with Gasteiger partial charge in [0.1, 0.15) is 17.3 Å². The summed E-state index contributed by atoms with van der Waals surface area (Å²) in [6.45, 7) is -2.99. The molecule has 33 heavy (non-hydrogen) atoms. The third-order valence-corrected chi connectivity index (χ3v) is 6.24. The number of rotatable bonds is 2. The van der Waals surface area contributed by atoms with E-state index in [1.54, 1.807) is 36.3 Å². The summed E-state index contributed by atoms with van der Waals surface area (Å²) in [6, 6.07) is 11.5. The van der Waals surface area contributed by atoms with Crippen LogP contribution in [0.1, 0.15) is 51.5 Å². The van der Waals surface area contributed by atoms with Crippen LogP contribution in [0.2, 0.25) is 0 Å². The summed E-state index contributed by atoms with van der Waals surface area (Å²) in [7, 11) is 1.72. The standard InChI is InChI=1S/C24H17F2N5O2/c1-30-19-12-18(21-15(23(30)32)3-2-4-20(21)33-24(25)26)31-17-11-13(5-7-14-9-10-27-29-14)6-8-16(17)28-22(19)31/h2-4,6,8-11,18-19,24H,12H2,1H3,(H,27,29)/t18-,19-/m1/s1. The number of H-pyrrole nitrogens is 1. The number of benzene rings is 2. The number of aromatic nitrogens is 4. The van der Waals surface area contributed by atoms with Crippen LogP contribution < -0.4 is 4.74 Å². The van der Waals surface area contributed by atoms with E-state index in [4.69, 9.17) is 9.72 Å². The normalized spacial score (nSPS) is 18.7. The Kier molecular flexibility index (Phi) is 4.23. The molecule has 1 N–H and O–H groups in total. The molecule has 2 atom stereocenters. The van der Waals surface area contributed by atoms with E-state index in [1.165, 1.54) is 6.07 Å². The van der Waals surface area contributed by atoms with Gasteiger partial charge in [-0.25, -0.2) is 4.98 Å². The maximum atomic E-state index is 13.2. The lowest BCUT2D eigenvalue weighted by molar-refractivity contribution is -0.0507. The lowest BCUT2D eigenvalue weighted by Gasteiger charge is -2.24. The number of ether oxygens (including phenoxy) is 1. The number of hydrogen-bond acceptors (Lipinski definition) is 4. The summed E-state index contributed by atoms with van der Waals surface area (Å²) < 4.78 is 33.2. The zero-order chi connectivity index (χ0) is 22.7. The fourth-order valence-corrected chi connectivity index (χ4v) is 4.82. The summed E-state index contributed by atoms with van der Waals surface area (Å²) in [4.78, 5) is 19.6. The smallest absolute Gasteiger partial charge is 0.387 e. The highest BCUT2D eigenvalue weighted by molar-refractivity contribution is 5.97. The predicted octanol–water partition coefficient (Wildman–Crippen LogP) is 3.88. The van der Waals surface area contributed by atoms with E-state index in [-0.39, 0.29) is 23.7 Å². The van der Waals surface area contributed by atoms with E-state index in [2.05, 4.69) is 22.0 Å². The summed E-state index contributed by atoms with van der Waals surface area (Å²) in [5.74, 6) is 6.61. The molecule has 7 nitrogen and oxygen atoms in total. The lowest BCUT2D eigenvalue weighted by Crippen LogP contribution is -2.30. The molecule has 4 aromatic rings. The first-order valence-corrected chi connectivity index (χ1v) is 10.4. The third-order valence-electron chi connectivity index (χ3n) is 6.24. The van der Waals surface area contributed by atoms with Gasteiger partial charge < -0.3 is 14.2 Å². The van der Waals surface area contributed by atoms with E-state index in [0.717, 1.165) is 22.4 Å². The van der Waals surface area contributed by atoms with Crippen molar-refractivity contribution in [2.45, 2.75) is 25.1 Å². The zero-order valence-corrected chi connectivity index (χ0v) is 17.4. The van der Waals surface area contributed by atoms with Crippen LogP contribution in [-0.2, 0) is 0 Å². The van der Waals surface area contributed by atoms with Crippen LogP contribution in [0, 0.1) is 11.8 Å². The number of hydrogen-bond donors (Lipinski definition) is 1. The summed E-state index contributed by atoms with van der Waals surface area (Å²) in [6.07, 6.45) is 2.23. The maximum Gasteiger partial charge on any atom is 0.387 e. The highest BCUT2D eigenvalue weighted by atomic mass is 19.3. The Labute approximate surface area is 187 Å². The summed E-state index contributed by atoms with van der Waals surface area (Å²) in [5, 5.41) is 6.77. The molecule has 2 aliphatic heterocycles. The van der Waals surface area contributed by atoms with Gasteiger partial charge in [-0.3, -0.25) is 9.89 Å². The fourth-order valence-electron chi connectivity index (χ4n) is 4.82. The number of carbonyl (C=O) groups excluding carboxylic acids is 1. The Hall–Kier alpha value is -4.19. The van der Waals surface area contributed by atoms with Gasteiger partial charge in [-0.1, -0.05) is 12.0 Å². The Morgan fingerprint density at radius 2 is 2.06 bits per heavy atom. The number of imidazole rings is 1. The van der Waals surface area contributed by atoms with E-state index in [0.29, 0.717) is 23.2 Å². The molecule has 0 unspecified atom stereocenters. The van der Waals surface area contributed by atoms with E-state index < -0.39 is 6.61 Å². The van der Waals surface area contributed by atoms with Crippen LogP contribution in [0.25, 0.3) is 11.0 Å². The molecule has 2 aromatic carbocycles. The van der Waals surface area contributed by atoms with Gasteiger partial charge in [-0.15, -0.1) is 0 Å². The Morgan fingerprint density at radius 1 is 1.18 bits per heavy atom. The van der Waals surface area contributed by atoms with Crippen molar-refractivity contribution >= 4 is 16.9 Å². The van der Waals surface area contributed by atoms with Gasteiger partial charge in [0.25, 0.3) is 5.91 Å². The van der Waals surface area contributed by atoms with Crippen LogP contribution in [0.4, 0.5) is 8.78 Å². The number of carbonyl (C=O) groups is 1. The Morgan fingerprint density at radius 3 is 2.85 bits per heavy atom. The minimum absolute atomic E-state index is 0.0130. The Bertz CT molecular complexity index is 1470. The monoisotopic (exact) mass is 445 g/mol.